The van der Waals surface area contributed by atoms with Crippen molar-refractivity contribution in [3.63, 3.8) is 0 Å². The third kappa shape index (κ3) is 2.24. The van der Waals surface area contributed by atoms with Crippen LogP contribution in [0.2, 0.25) is 0 Å². The van der Waals surface area contributed by atoms with E-state index in [1.165, 1.54) is 0 Å². The molecule has 1 saturated heterocycles. The Kier molecular flexibility index (Phi) is 3.26. The molecule has 1 fully saturated rings. The molecule has 96 valence electrons. The van der Waals surface area contributed by atoms with Gasteiger partial charge in [0.05, 0.1) is 15.7 Å². The van der Waals surface area contributed by atoms with Crippen LogP contribution in [-0.2, 0) is 0 Å². The van der Waals surface area contributed by atoms with Crippen molar-refractivity contribution in [2.75, 3.05) is 6.54 Å². The van der Waals surface area contributed by atoms with Gasteiger partial charge in [-0.05, 0) is 37.1 Å². The second kappa shape index (κ2) is 4.90. The summed E-state index contributed by atoms with van der Waals surface area (Å²) in [5.41, 5.74) is 3.84. The van der Waals surface area contributed by atoms with Gasteiger partial charge in [0.15, 0.2) is 0 Å². The molecule has 0 saturated carbocycles. The zero-order valence-corrected chi connectivity index (χ0v) is 10.6. The average molecular weight is 268 g/mol. The highest BCUT2D eigenvalue weighted by Gasteiger charge is 2.28. The van der Waals surface area contributed by atoms with Crippen LogP contribution in [0.5, 0.6) is 0 Å². The number of halogens is 2. The Hall–Kier alpha value is -1.07. The fourth-order valence-corrected chi connectivity index (χ4v) is 3.18. The van der Waals surface area contributed by atoms with Crippen LogP contribution in [0.25, 0.3) is 10.2 Å². The lowest BCUT2D eigenvalue weighted by Crippen LogP contribution is -2.34. The number of piperidine rings is 1. The molecule has 1 aromatic heterocycles. The summed E-state index contributed by atoms with van der Waals surface area (Å²) in [6.07, 6.45) is -1.14. The number of aromatic nitrogens is 1. The number of nitrogens with zero attached hydrogens (tertiary/aromatic N) is 1. The van der Waals surface area contributed by atoms with Crippen LogP contribution < -0.4 is 5.32 Å². The highest BCUT2D eigenvalue weighted by atomic mass is 32.1. The molecule has 18 heavy (non-hydrogen) atoms. The standard InChI is InChI=1S/C13H14F2N2S/c14-13(15)9-3-4-16-10(6-9)8-1-2-12-11(5-8)17-7-18-12/h1-2,5,7,9-10,13,16H,3-4,6H2. The van der Waals surface area contributed by atoms with E-state index >= 15 is 0 Å². The summed E-state index contributed by atoms with van der Waals surface area (Å²) < 4.78 is 26.7. The fourth-order valence-electron chi connectivity index (χ4n) is 2.52. The van der Waals surface area contributed by atoms with Crippen molar-refractivity contribution >= 4 is 21.6 Å². The Morgan fingerprint density at radius 3 is 3.11 bits per heavy atom. The molecule has 1 aliphatic rings. The number of fused-ring (bicyclic) bond motifs is 1. The lowest BCUT2D eigenvalue weighted by atomic mass is 9.89. The van der Waals surface area contributed by atoms with E-state index in [1.54, 1.807) is 11.3 Å². The zero-order valence-electron chi connectivity index (χ0n) is 9.77. The van der Waals surface area contributed by atoms with Gasteiger partial charge in [-0.15, -0.1) is 11.3 Å². The Balaban J connectivity index is 1.84. The van der Waals surface area contributed by atoms with E-state index in [-0.39, 0.29) is 6.04 Å². The molecule has 2 heterocycles. The van der Waals surface area contributed by atoms with Gasteiger partial charge in [0.25, 0.3) is 0 Å². The molecule has 0 amide bonds. The second-order valence-electron chi connectivity index (χ2n) is 4.71. The van der Waals surface area contributed by atoms with Crippen molar-refractivity contribution in [3.8, 4) is 0 Å². The van der Waals surface area contributed by atoms with E-state index < -0.39 is 12.3 Å². The molecule has 2 nitrogen and oxygen atoms in total. The quantitative estimate of drug-likeness (QED) is 0.900. The average Bonchev–Trinajstić information content (AvgIpc) is 2.86. The fraction of sp³-hybridized carbons (Fsp3) is 0.462. The first-order valence-electron chi connectivity index (χ1n) is 6.09. The molecule has 1 aliphatic heterocycles. The maximum Gasteiger partial charge on any atom is 0.241 e. The van der Waals surface area contributed by atoms with Crippen molar-refractivity contribution in [1.82, 2.24) is 10.3 Å². The lowest BCUT2D eigenvalue weighted by molar-refractivity contribution is 0.0501. The first-order valence-corrected chi connectivity index (χ1v) is 6.96. The zero-order chi connectivity index (χ0) is 12.5. The summed E-state index contributed by atoms with van der Waals surface area (Å²) >= 11 is 1.60. The van der Waals surface area contributed by atoms with E-state index in [9.17, 15) is 8.78 Å². The summed E-state index contributed by atoms with van der Waals surface area (Å²) in [6, 6.07) is 6.09. The number of hydrogen-bond donors (Lipinski definition) is 1. The van der Waals surface area contributed by atoms with Gasteiger partial charge >= 0.3 is 0 Å². The Morgan fingerprint density at radius 1 is 1.39 bits per heavy atom. The first-order chi connectivity index (χ1) is 8.74. The van der Waals surface area contributed by atoms with Crippen LogP contribution in [0.1, 0.15) is 24.4 Å². The first kappa shape index (κ1) is 12.0. The van der Waals surface area contributed by atoms with Crippen LogP contribution in [0.3, 0.4) is 0 Å². The minimum absolute atomic E-state index is 0.0313. The third-order valence-corrected chi connectivity index (χ3v) is 4.37. The van der Waals surface area contributed by atoms with Gasteiger partial charge in [-0.25, -0.2) is 13.8 Å². The van der Waals surface area contributed by atoms with Crippen molar-refractivity contribution in [2.45, 2.75) is 25.3 Å². The highest BCUT2D eigenvalue weighted by Crippen LogP contribution is 2.32. The number of hydrogen-bond acceptors (Lipinski definition) is 3. The van der Waals surface area contributed by atoms with Gasteiger partial charge in [-0.3, -0.25) is 0 Å². The summed E-state index contributed by atoms with van der Waals surface area (Å²) in [5.74, 6) is -0.484. The minimum atomic E-state index is -2.21. The Morgan fingerprint density at radius 2 is 2.28 bits per heavy atom. The molecule has 1 aromatic carbocycles. The number of alkyl halides is 2. The van der Waals surface area contributed by atoms with E-state index in [4.69, 9.17) is 0 Å². The largest absolute Gasteiger partial charge is 0.310 e. The van der Waals surface area contributed by atoms with E-state index in [2.05, 4.69) is 10.3 Å². The van der Waals surface area contributed by atoms with Crippen LogP contribution >= 0.6 is 11.3 Å². The van der Waals surface area contributed by atoms with Crippen LogP contribution in [0.15, 0.2) is 23.7 Å². The molecule has 2 atom stereocenters. The third-order valence-electron chi connectivity index (χ3n) is 3.56. The molecule has 3 rings (SSSR count). The predicted octanol–water partition coefficient (Wildman–Crippen LogP) is 3.60. The summed E-state index contributed by atoms with van der Waals surface area (Å²) in [4.78, 5) is 4.27. The Bertz CT molecular complexity index is 541. The Labute approximate surface area is 108 Å². The van der Waals surface area contributed by atoms with Gasteiger partial charge in [-0.2, -0.15) is 0 Å². The minimum Gasteiger partial charge on any atom is -0.310 e. The van der Waals surface area contributed by atoms with E-state index in [1.807, 2.05) is 23.7 Å². The number of thiazole rings is 1. The van der Waals surface area contributed by atoms with E-state index in [0.29, 0.717) is 19.4 Å². The summed E-state index contributed by atoms with van der Waals surface area (Å²) in [6.45, 7) is 0.661. The van der Waals surface area contributed by atoms with Gasteiger partial charge in [-0.1, -0.05) is 6.07 Å². The van der Waals surface area contributed by atoms with Crippen molar-refractivity contribution in [2.24, 2.45) is 5.92 Å². The van der Waals surface area contributed by atoms with Crippen molar-refractivity contribution in [1.29, 1.82) is 0 Å². The van der Waals surface area contributed by atoms with Crippen LogP contribution in [-0.4, -0.2) is 18.0 Å². The lowest BCUT2D eigenvalue weighted by Gasteiger charge is -2.30. The SMILES string of the molecule is FC(F)C1CCNC(c2ccc3scnc3c2)C1. The normalized spacial score (nSPS) is 24.8. The van der Waals surface area contributed by atoms with Crippen LogP contribution in [0, 0.1) is 5.92 Å². The van der Waals surface area contributed by atoms with Gasteiger partial charge in [0, 0.05) is 12.0 Å². The van der Waals surface area contributed by atoms with E-state index in [0.717, 1.165) is 15.8 Å². The molecule has 0 radical (unpaired) electrons. The monoisotopic (exact) mass is 268 g/mol. The highest BCUT2D eigenvalue weighted by molar-refractivity contribution is 7.16. The van der Waals surface area contributed by atoms with Crippen molar-refractivity contribution in [3.05, 3.63) is 29.3 Å². The molecule has 2 unspecified atom stereocenters. The van der Waals surface area contributed by atoms with Gasteiger partial charge in [0.1, 0.15) is 0 Å². The molecule has 1 N–H and O–H groups in total. The number of benzene rings is 1. The van der Waals surface area contributed by atoms with Crippen LogP contribution in [0.4, 0.5) is 8.78 Å². The topological polar surface area (TPSA) is 24.9 Å². The number of rotatable bonds is 2. The molecule has 0 spiro atoms. The predicted molar refractivity (Wildman–Crippen MR) is 69.1 cm³/mol. The molecular weight excluding hydrogens is 254 g/mol. The second-order valence-corrected chi connectivity index (χ2v) is 5.59. The van der Waals surface area contributed by atoms with Crippen molar-refractivity contribution < 1.29 is 8.78 Å². The molecule has 0 bridgehead atoms. The van der Waals surface area contributed by atoms with Gasteiger partial charge < -0.3 is 5.32 Å². The van der Waals surface area contributed by atoms with Gasteiger partial charge in [0.2, 0.25) is 6.43 Å². The smallest absolute Gasteiger partial charge is 0.241 e. The summed E-state index contributed by atoms with van der Waals surface area (Å²) in [5, 5.41) is 3.32. The summed E-state index contributed by atoms with van der Waals surface area (Å²) in [7, 11) is 0. The number of nitrogens with one attached hydrogen (secondary N) is 1. The molecule has 2 aromatic rings. The molecular formula is C13H14F2N2S. The maximum atomic E-state index is 12.8. The maximum absolute atomic E-state index is 12.8. The molecule has 0 aliphatic carbocycles. The molecule has 5 heteroatoms.